The van der Waals surface area contributed by atoms with Gasteiger partial charge in [0.1, 0.15) is 5.69 Å². The fourth-order valence-electron chi connectivity index (χ4n) is 2.08. The number of nitrogens with one attached hydrogen (secondary N) is 1. The van der Waals surface area contributed by atoms with E-state index in [1.165, 1.54) is 7.11 Å². The second kappa shape index (κ2) is 5.92. The minimum Gasteiger partial charge on any atom is -0.313 e. The smallest absolute Gasteiger partial charge is 0.276 e. The Labute approximate surface area is 117 Å². The zero-order valence-corrected chi connectivity index (χ0v) is 12.3. The van der Waals surface area contributed by atoms with Crippen molar-refractivity contribution in [3.63, 3.8) is 0 Å². The summed E-state index contributed by atoms with van der Waals surface area (Å²) in [7, 11) is 3.35. The first-order valence-electron chi connectivity index (χ1n) is 6.53. The summed E-state index contributed by atoms with van der Waals surface area (Å²) in [4.78, 5) is 17.2. The zero-order valence-electron chi connectivity index (χ0n) is 12.3. The Hall–Kier alpha value is -2.08. The first kappa shape index (κ1) is 14.3. The van der Waals surface area contributed by atoms with Crippen LogP contribution in [-0.4, -0.2) is 21.5 Å². The molecular weight excluding hydrogens is 256 g/mol. The summed E-state index contributed by atoms with van der Waals surface area (Å²) in [5.74, 6) is 0.382. The molecule has 0 amide bonds. The van der Waals surface area contributed by atoms with Gasteiger partial charge in [0.15, 0.2) is 0 Å². The molecule has 0 atom stereocenters. The van der Waals surface area contributed by atoms with Crippen LogP contribution in [0.1, 0.15) is 13.8 Å². The van der Waals surface area contributed by atoms with Crippen LogP contribution in [0.4, 0.5) is 5.69 Å². The molecule has 20 heavy (non-hydrogen) atoms. The van der Waals surface area contributed by atoms with Gasteiger partial charge >= 0.3 is 0 Å². The van der Waals surface area contributed by atoms with Crippen LogP contribution in [0.5, 0.6) is 0 Å². The molecule has 2 rings (SSSR count). The Balaban J connectivity index is 2.52. The van der Waals surface area contributed by atoms with E-state index < -0.39 is 0 Å². The van der Waals surface area contributed by atoms with Crippen molar-refractivity contribution in [2.24, 2.45) is 13.0 Å². The van der Waals surface area contributed by atoms with Gasteiger partial charge in [-0.05, 0) is 12.0 Å². The average Bonchev–Trinajstić information content (AvgIpc) is 2.80. The summed E-state index contributed by atoms with van der Waals surface area (Å²) in [6.45, 7) is 4.81. The lowest BCUT2D eigenvalue weighted by Crippen LogP contribution is -2.25. The van der Waals surface area contributed by atoms with E-state index in [4.69, 9.17) is 4.84 Å². The van der Waals surface area contributed by atoms with Crippen molar-refractivity contribution in [3.05, 3.63) is 35.0 Å². The van der Waals surface area contributed by atoms with Crippen LogP contribution < -0.4 is 11.0 Å². The van der Waals surface area contributed by atoms with Crippen molar-refractivity contribution in [2.45, 2.75) is 20.4 Å². The monoisotopic (exact) mass is 276 g/mol. The van der Waals surface area contributed by atoms with Crippen molar-refractivity contribution in [2.75, 3.05) is 12.6 Å². The van der Waals surface area contributed by atoms with Gasteiger partial charge in [-0.1, -0.05) is 13.8 Å². The zero-order chi connectivity index (χ0) is 14.7. The highest BCUT2D eigenvalue weighted by Crippen LogP contribution is 2.20. The molecule has 1 N–H and O–H groups in total. The number of anilines is 1. The van der Waals surface area contributed by atoms with Gasteiger partial charge in [-0.15, -0.1) is 0 Å². The molecule has 0 fully saturated rings. The third kappa shape index (κ3) is 3.08. The predicted octanol–water partition coefficient (Wildman–Crippen LogP) is 1.88. The van der Waals surface area contributed by atoms with Crippen molar-refractivity contribution < 1.29 is 4.84 Å². The van der Waals surface area contributed by atoms with Crippen LogP contribution in [0, 0.1) is 5.92 Å². The van der Waals surface area contributed by atoms with Crippen molar-refractivity contribution in [1.29, 1.82) is 0 Å². The molecule has 0 bridgehead atoms. The molecule has 2 aromatic rings. The highest BCUT2D eigenvalue weighted by Gasteiger charge is 2.10. The van der Waals surface area contributed by atoms with Gasteiger partial charge in [0.25, 0.3) is 5.56 Å². The van der Waals surface area contributed by atoms with Crippen LogP contribution in [0.3, 0.4) is 0 Å². The summed E-state index contributed by atoms with van der Waals surface area (Å²) in [6, 6.07) is 1.78. The topological polar surface area (TPSA) is 61.1 Å². The number of rotatable bonds is 5. The van der Waals surface area contributed by atoms with Gasteiger partial charge in [-0.3, -0.25) is 19.8 Å². The number of hydrogen-bond donors (Lipinski definition) is 1. The van der Waals surface area contributed by atoms with Crippen molar-refractivity contribution in [1.82, 2.24) is 14.3 Å². The SMILES string of the molecule is CONc1cc(-c2cnn(C)c2)cn(CC(C)C)c1=O. The molecule has 0 saturated carbocycles. The Morgan fingerprint density at radius 1 is 1.35 bits per heavy atom. The van der Waals surface area contributed by atoms with E-state index >= 15 is 0 Å². The molecule has 0 aromatic carbocycles. The largest absolute Gasteiger partial charge is 0.313 e. The molecule has 2 aromatic heterocycles. The summed E-state index contributed by atoms with van der Waals surface area (Å²) in [5, 5.41) is 4.16. The Morgan fingerprint density at radius 2 is 2.10 bits per heavy atom. The number of pyridine rings is 1. The summed E-state index contributed by atoms with van der Waals surface area (Å²) < 4.78 is 3.44. The lowest BCUT2D eigenvalue weighted by molar-refractivity contribution is 0.270. The van der Waals surface area contributed by atoms with E-state index in [1.54, 1.807) is 21.5 Å². The minimum absolute atomic E-state index is 0.0896. The Bertz CT molecular complexity index is 643. The van der Waals surface area contributed by atoms with Gasteiger partial charge in [-0.25, -0.2) is 0 Å². The van der Waals surface area contributed by atoms with E-state index in [2.05, 4.69) is 24.4 Å². The first-order valence-corrected chi connectivity index (χ1v) is 6.53. The van der Waals surface area contributed by atoms with Crippen molar-refractivity contribution >= 4 is 5.69 Å². The Morgan fingerprint density at radius 3 is 2.65 bits per heavy atom. The average molecular weight is 276 g/mol. The number of hydrogen-bond acceptors (Lipinski definition) is 4. The minimum atomic E-state index is -0.0896. The van der Waals surface area contributed by atoms with Crippen LogP contribution >= 0.6 is 0 Å². The third-order valence-corrected chi connectivity index (χ3v) is 2.90. The highest BCUT2D eigenvalue weighted by molar-refractivity contribution is 5.65. The molecule has 108 valence electrons. The second-order valence-electron chi connectivity index (χ2n) is 5.20. The highest BCUT2D eigenvalue weighted by atomic mass is 16.6. The maximum atomic E-state index is 12.3. The molecule has 0 aliphatic heterocycles. The van der Waals surface area contributed by atoms with Gasteiger partial charge in [0, 0.05) is 37.1 Å². The van der Waals surface area contributed by atoms with Crippen LogP contribution in [0.25, 0.3) is 11.1 Å². The molecule has 6 heteroatoms. The second-order valence-corrected chi connectivity index (χ2v) is 5.20. The fraction of sp³-hybridized carbons (Fsp3) is 0.429. The molecule has 0 aliphatic rings. The van der Waals surface area contributed by atoms with Gasteiger partial charge in [0.05, 0.1) is 13.3 Å². The number of aromatic nitrogens is 3. The van der Waals surface area contributed by atoms with Crippen LogP contribution in [0.15, 0.2) is 29.5 Å². The predicted molar refractivity (Wildman–Crippen MR) is 78.4 cm³/mol. The lowest BCUT2D eigenvalue weighted by Gasteiger charge is -2.13. The quantitative estimate of drug-likeness (QED) is 0.847. The molecule has 0 saturated heterocycles. The van der Waals surface area contributed by atoms with E-state index in [-0.39, 0.29) is 5.56 Å². The van der Waals surface area contributed by atoms with Gasteiger partial charge < -0.3 is 4.57 Å². The molecule has 0 aliphatic carbocycles. The first-order chi connectivity index (χ1) is 9.51. The molecule has 6 nitrogen and oxygen atoms in total. The summed E-state index contributed by atoms with van der Waals surface area (Å²) in [5.41, 5.74) is 4.87. The third-order valence-electron chi connectivity index (χ3n) is 2.90. The molecule has 0 unspecified atom stereocenters. The van der Waals surface area contributed by atoms with Crippen LogP contribution in [0.2, 0.25) is 0 Å². The number of nitrogens with zero attached hydrogens (tertiary/aromatic N) is 3. The van der Waals surface area contributed by atoms with E-state index in [9.17, 15) is 4.79 Å². The van der Waals surface area contributed by atoms with E-state index in [0.717, 1.165) is 11.1 Å². The maximum absolute atomic E-state index is 12.3. The number of aryl methyl sites for hydroxylation is 1. The van der Waals surface area contributed by atoms with E-state index in [1.807, 2.05) is 19.4 Å². The maximum Gasteiger partial charge on any atom is 0.276 e. The molecular formula is C14H20N4O2. The van der Waals surface area contributed by atoms with E-state index in [0.29, 0.717) is 18.2 Å². The molecule has 2 heterocycles. The molecule has 0 spiro atoms. The lowest BCUT2D eigenvalue weighted by atomic mass is 10.1. The fourth-order valence-corrected chi connectivity index (χ4v) is 2.08. The van der Waals surface area contributed by atoms with Crippen LogP contribution in [-0.2, 0) is 18.4 Å². The Kier molecular flexibility index (Phi) is 4.24. The normalized spacial score (nSPS) is 11.1. The van der Waals surface area contributed by atoms with Gasteiger partial charge in [-0.2, -0.15) is 5.10 Å². The summed E-state index contributed by atoms with van der Waals surface area (Å²) in [6.07, 6.45) is 5.55. The van der Waals surface area contributed by atoms with Crippen molar-refractivity contribution in [3.8, 4) is 11.1 Å². The molecule has 0 radical (unpaired) electrons. The standard InChI is InChI=1S/C14H20N4O2/c1-10(2)7-18-9-11(12-6-15-17(3)8-12)5-13(14(18)19)16-20-4/h5-6,8-10,16H,7H2,1-4H3. The van der Waals surface area contributed by atoms with Gasteiger partial charge in [0.2, 0.25) is 0 Å². The summed E-state index contributed by atoms with van der Waals surface area (Å²) >= 11 is 0.